The summed E-state index contributed by atoms with van der Waals surface area (Å²) < 4.78 is 0. The first-order valence-electron chi connectivity index (χ1n) is 6.25. The quantitative estimate of drug-likeness (QED) is 0.871. The van der Waals surface area contributed by atoms with E-state index in [1.807, 2.05) is 24.3 Å². The molecule has 1 aromatic rings. The van der Waals surface area contributed by atoms with E-state index in [0.717, 1.165) is 12.0 Å². The van der Waals surface area contributed by atoms with Crippen LogP contribution in [-0.2, 0) is 9.59 Å². The second kappa shape index (κ2) is 5.61. The smallest absolute Gasteiger partial charge is 0.305 e. The highest BCUT2D eigenvalue weighted by molar-refractivity contribution is 6.31. The topological polar surface area (TPSA) is 66.4 Å². The Bertz CT molecular complexity index is 503. The van der Waals surface area contributed by atoms with Crippen molar-refractivity contribution in [1.82, 2.24) is 5.32 Å². The van der Waals surface area contributed by atoms with E-state index in [4.69, 9.17) is 16.7 Å². The Morgan fingerprint density at radius 3 is 2.79 bits per heavy atom. The predicted octanol–water partition coefficient (Wildman–Crippen LogP) is 2.42. The number of carbonyl (C=O) groups excluding carboxylic acids is 1. The molecule has 1 aliphatic rings. The van der Waals surface area contributed by atoms with Crippen LogP contribution in [0.3, 0.4) is 0 Å². The number of carboxylic acids is 1. The number of hydrogen-bond acceptors (Lipinski definition) is 2. The monoisotopic (exact) mass is 281 g/mol. The number of carboxylic acid groups (broad SMARTS) is 1. The summed E-state index contributed by atoms with van der Waals surface area (Å²) in [7, 11) is 0. The van der Waals surface area contributed by atoms with E-state index in [0.29, 0.717) is 5.02 Å². The van der Waals surface area contributed by atoms with Gasteiger partial charge in [0.05, 0.1) is 6.42 Å². The van der Waals surface area contributed by atoms with Gasteiger partial charge in [0.2, 0.25) is 5.91 Å². The fourth-order valence-electron chi connectivity index (χ4n) is 2.27. The molecule has 1 fully saturated rings. The zero-order valence-electron chi connectivity index (χ0n) is 10.6. The lowest BCUT2D eigenvalue weighted by molar-refractivity contribution is -0.137. The van der Waals surface area contributed by atoms with Gasteiger partial charge < -0.3 is 10.4 Å². The molecule has 1 aromatic carbocycles. The van der Waals surface area contributed by atoms with Crippen molar-refractivity contribution >= 4 is 23.5 Å². The number of hydrogen-bond donors (Lipinski definition) is 2. The molecular weight excluding hydrogens is 266 g/mol. The van der Waals surface area contributed by atoms with Crippen LogP contribution in [0.2, 0.25) is 5.02 Å². The van der Waals surface area contributed by atoms with Crippen molar-refractivity contribution < 1.29 is 14.7 Å². The second-order valence-corrected chi connectivity index (χ2v) is 5.38. The number of aliphatic carboxylic acids is 1. The number of carbonyl (C=O) groups is 2. The Balaban J connectivity index is 1.91. The number of amides is 1. The Kier molecular flexibility index (Phi) is 4.10. The minimum Gasteiger partial charge on any atom is -0.481 e. The largest absolute Gasteiger partial charge is 0.481 e. The maximum atomic E-state index is 11.9. The molecule has 102 valence electrons. The van der Waals surface area contributed by atoms with Gasteiger partial charge in [-0.3, -0.25) is 9.59 Å². The summed E-state index contributed by atoms with van der Waals surface area (Å²) in [4.78, 5) is 22.5. The summed E-state index contributed by atoms with van der Waals surface area (Å²) >= 11 is 6.09. The zero-order valence-corrected chi connectivity index (χ0v) is 11.4. The molecule has 0 radical (unpaired) electrons. The summed E-state index contributed by atoms with van der Waals surface area (Å²) in [6.07, 6.45) is 0.713. The van der Waals surface area contributed by atoms with Gasteiger partial charge in [-0.15, -0.1) is 0 Å². The third-order valence-corrected chi connectivity index (χ3v) is 3.65. The summed E-state index contributed by atoms with van der Waals surface area (Å²) in [6.45, 7) is 1.69. The predicted molar refractivity (Wildman–Crippen MR) is 72.2 cm³/mol. The van der Waals surface area contributed by atoms with Crippen LogP contribution >= 0.6 is 11.6 Å². The minimum absolute atomic E-state index is 0.0603. The van der Waals surface area contributed by atoms with E-state index in [-0.39, 0.29) is 30.2 Å². The molecule has 0 spiro atoms. The van der Waals surface area contributed by atoms with Crippen LogP contribution in [0.4, 0.5) is 0 Å². The fourth-order valence-corrected chi connectivity index (χ4v) is 2.54. The molecule has 3 unspecified atom stereocenters. The van der Waals surface area contributed by atoms with Crippen LogP contribution < -0.4 is 5.32 Å². The highest BCUT2D eigenvalue weighted by Gasteiger charge is 2.44. The van der Waals surface area contributed by atoms with Crippen molar-refractivity contribution in [3.8, 4) is 0 Å². The van der Waals surface area contributed by atoms with Crippen molar-refractivity contribution in [3.63, 3.8) is 0 Å². The lowest BCUT2D eigenvalue weighted by atomic mass is 10.1. The maximum absolute atomic E-state index is 11.9. The lowest BCUT2D eigenvalue weighted by Gasteiger charge is -2.11. The third kappa shape index (κ3) is 3.47. The molecule has 1 aliphatic carbocycles. The van der Waals surface area contributed by atoms with Crippen molar-refractivity contribution in [2.75, 3.05) is 0 Å². The second-order valence-electron chi connectivity index (χ2n) is 4.98. The molecule has 2 rings (SSSR count). The maximum Gasteiger partial charge on any atom is 0.305 e. The summed E-state index contributed by atoms with van der Waals surface area (Å²) in [5.74, 6) is -0.924. The van der Waals surface area contributed by atoms with Gasteiger partial charge in [0.1, 0.15) is 0 Å². The number of benzene rings is 1. The van der Waals surface area contributed by atoms with Crippen molar-refractivity contribution in [2.24, 2.45) is 5.92 Å². The summed E-state index contributed by atoms with van der Waals surface area (Å²) in [5.41, 5.74) is 0.996. The van der Waals surface area contributed by atoms with Gasteiger partial charge in [0.25, 0.3) is 0 Å². The van der Waals surface area contributed by atoms with Crippen molar-refractivity contribution in [2.45, 2.75) is 31.7 Å². The van der Waals surface area contributed by atoms with Crippen LogP contribution in [0.25, 0.3) is 0 Å². The average molecular weight is 282 g/mol. The van der Waals surface area contributed by atoms with Crippen LogP contribution in [0.15, 0.2) is 24.3 Å². The summed E-state index contributed by atoms with van der Waals surface area (Å²) in [5, 5.41) is 12.1. The highest BCUT2D eigenvalue weighted by atomic mass is 35.5. The highest BCUT2D eigenvalue weighted by Crippen LogP contribution is 2.49. The molecule has 0 heterocycles. The molecule has 0 bridgehead atoms. The van der Waals surface area contributed by atoms with Gasteiger partial charge in [0, 0.05) is 17.0 Å². The summed E-state index contributed by atoms with van der Waals surface area (Å²) in [6, 6.07) is 7.16. The Hall–Kier alpha value is -1.55. The minimum atomic E-state index is -0.911. The first-order chi connectivity index (χ1) is 8.99. The lowest BCUT2D eigenvalue weighted by Crippen LogP contribution is -2.35. The first kappa shape index (κ1) is 13.9. The van der Waals surface area contributed by atoms with Gasteiger partial charge in [-0.2, -0.15) is 0 Å². The Labute approximate surface area is 116 Å². The van der Waals surface area contributed by atoms with E-state index in [2.05, 4.69) is 5.32 Å². The number of halogens is 1. The molecule has 1 amide bonds. The van der Waals surface area contributed by atoms with Crippen LogP contribution in [0, 0.1) is 5.92 Å². The molecule has 1 saturated carbocycles. The molecule has 19 heavy (non-hydrogen) atoms. The van der Waals surface area contributed by atoms with E-state index in [1.54, 1.807) is 6.92 Å². The van der Waals surface area contributed by atoms with Gasteiger partial charge in [-0.1, -0.05) is 29.8 Å². The molecule has 2 N–H and O–H groups in total. The van der Waals surface area contributed by atoms with E-state index in [9.17, 15) is 9.59 Å². The van der Waals surface area contributed by atoms with E-state index < -0.39 is 5.97 Å². The molecular formula is C14H16ClNO3. The van der Waals surface area contributed by atoms with Crippen molar-refractivity contribution in [1.29, 1.82) is 0 Å². The first-order valence-corrected chi connectivity index (χ1v) is 6.63. The molecule has 0 aromatic heterocycles. The average Bonchev–Trinajstić information content (AvgIpc) is 3.08. The Morgan fingerprint density at radius 2 is 2.16 bits per heavy atom. The van der Waals surface area contributed by atoms with Gasteiger partial charge in [0.15, 0.2) is 0 Å². The molecule has 4 nitrogen and oxygen atoms in total. The van der Waals surface area contributed by atoms with Gasteiger partial charge in [-0.05, 0) is 30.9 Å². The van der Waals surface area contributed by atoms with E-state index >= 15 is 0 Å². The van der Waals surface area contributed by atoms with Crippen molar-refractivity contribution in [3.05, 3.63) is 34.9 Å². The zero-order chi connectivity index (χ0) is 14.0. The van der Waals surface area contributed by atoms with Crippen LogP contribution in [-0.4, -0.2) is 23.0 Å². The normalized spacial score (nSPS) is 22.6. The van der Waals surface area contributed by atoms with Crippen LogP contribution in [0.1, 0.15) is 31.2 Å². The van der Waals surface area contributed by atoms with Gasteiger partial charge in [-0.25, -0.2) is 0 Å². The molecule has 5 heteroatoms. The third-order valence-electron chi connectivity index (χ3n) is 3.30. The standard InChI is InChI=1S/C14H16ClNO3/c1-8(6-13(17)18)16-14(19)11-7-10(11)9-4-2-3-5-12(9)15/h2-5,8,10-11H,6-7H2,1H3,(H,16,19)(H,17,18). The molecule has 0 aliphatic heterocycles. The SMILES string of the molecule is CC(CC(=O)O)NC(=O)C1CC1c1ccccc1Cl. The molecule has 3 atom stereocenters. The van der Waals surface area contributed by atoms with Gasteiger partial charge >= 0.3 is 5.97 Å². The number of rotatable bonds is 5. The fraction of sp³-hybridized carbons (Fsp3) is 0.429. The van der Waals surface area contributed by atoms with Crippen LogP contribution in [0.5, 0.6) is 0 Å². The van der Waals surface area contributed by atoms with E-state index in [1.165, 1.54) is 0 Å². The molecule has 0 saturated heterocycles. The Morgan fingerprint density at radius 1 is 1.47 bits per heavy atom. The number of nitrogens with one attached hydrogen (secondary N) is 1.